The summed E-state index contributed by atoms with van der Waals surface area (Å²) in [6, 6.07) is 2.02. The Morgan fingerprint density at radius 2 is 1.95 bits per heavy atom. The van der Waals surface area contributed by atoms with Crippen molar-refractivity contribution in [3.8, 4) is 0 Å². The molecule has 1 aromatic rings. The lowest BCUT2D eigenvalue weighted by Crippen LogP contribution is -2.45. The molecule has 0 radical (unpaired) electrons. The quantitative estimate of drug-likeness (QED) is 0.601. The number of halogens is 1. The van der Waals surface area contributed by atoms with Crippen molar-refractivity contribution in [1.82, 2.24) is 4.72 Å². The van der Waals surface area contributed by atoms with Gasteiger partial charge in [-0.05, 0) is 46.5 Å². The van der Waals surface area contributed by atoms with Gasteiger partial charge in [0.1, 0.15) is 6.04 Å². The first kappa shape index (κ1) is 17.9. The van der Waals surface area contributed by atoms with Crippen molar-refractivity contribution in [3.63, 3.8) is 0 Å². The first-order chi connectivity index (χ1) is 9.60. The number of carbonyl (C=O) groups is 1. The van der Waals surface area contributed by atoms with Gasteiger partial charge in [0.15, 0.2) is 0 Å². The Kier molecular flexibility index (Phi) is 5.77. The average molecular weight is 379 g/mol. The molecule has 0 aliphatic carbocycles. The molecule has 1 atom stereocenters. The van der Waals surface area contributed by atoms with Gasteiger partial charge in [0, 0.05) is 10.2 Å². The standard InChI is InChI=1S/C13H19BrN2O4S/c1-7(2)12(13(17)20-4)16-21(18,19)11-6-10(15)9(14)5-8(11)3/h5-7,12,16H,15H2,1-4H3. The Balaban J connectivity index is 3.23. The van der Waals surface area contributed by atoms with E-state index in [4.69, 9.17) is 5.73 Å². The fourth-order valence-corrected chi connectivity index (χ4v) is 3.82. The van der Waals surface area contributed by atoms with Crippen LogP contribution in [0.5, 0.6) is 0 Å². The minimum atomic E-state index is -3.88. The molecular formula is C13H19BrN2O4S. The fourth-order valence-electron chi connectivity index (χ4n) is 1.77. The van der Waals surface area contributed by atoms with E-state index in [2.05, 4.69) is 25.4 Å². The molecule has 0 amide bonds. The van der Waals surface area contributed by atoms with Crippen LogP contribution < -0.4 is 10.5 Å². The van der Waals surface area contributed by atoms with Gasteiger partial charge in [-0.25, -0.2) is 8.42 Å². The number of rotatable bonds is 5. The monoisotopic (exact) mass is 378 g/mol. The topological polar surface area (TPSA) is 98.5 Å². The van der Waals surface area contributed by atoms with Gasteiger partial charge in [0.05, 0.1) is 12.0 Å². The Hall–Kier alpha value is -1.12. The maximum Gasteiger partial charge on any atom is 0.324 e. The molecule has 1 aromatic carbocycles. The van der Waals surface area contributed by atoms with Gasteiger partial charge in [-0.3, -0.25) is 4.79 Å². The lowest BCUT2D eigenvalue weighted by Gasteiger charge is -2.20. The number of nitrogens with two attached hydrogens (primary N) is 1. The molecule has 0 aliphatic heterocycles. The first-order valence-corrected chi connectivity index (χ1v) is 8.53. The Labute approximate surface area is 133 Å². The van der Waals surface area contributed by atoms with Crippen molar-refractivity contribution in [2.24, 2.45) is 5.92 Å². The van der Waals surface area contributed by atoms with E-state index >= 15 is 0 Å². The number of esters is 1. The van der Waals surface area contributed by atoms with Gasteiger partial charge in [0.25, 0.3) is 0 Å². The third kappa shape index (κ3) is 4.18. The molecule has 0 aromatic heterocycles. The van der Waals surface area contributed by atoms with E-state index in [1.165, 1.54) is 13.2 Å². The predicted octanol–water partition coefficient (Wildman–Crippen LogP) is 1.82. The number of hydrogen-bond donors (Lipinski definition) is 2. The Morgan fingerprint density at radius 3 is 2.43 bits per heavy atom. The van der Waals surface area contributed by atoms with Gasteiger partial charge in [-0.15, -0.1) is 0 Å². The van der Waals surface area contributed by atoms with E-state index in [0.717, 1.165) is 0 Å². The van der Waals surface area contributed by atoms with Crippen molar-refractivity contribution in [2.75, 3.05) is 12.8 Å². The van der Waals surface area contributed by atoms with Crippen molar-refractivity contribution >= 4 is 37.6 Å². The van der Waals surface area contributed by atoms with Gasteiger partial charge >= 0.3 is 5.97 Å². The van der Waals surface area contributed by atoms with Crippen LogP contribution in [0.3, 0.4) is 0 Å². The van der Waals surface area contributed by atoms with E-state index in [1.807, 2.05) is 0 Å². The first-order valence-electron chi connectivity index (χ1n) is 6.26. The van der Waals surface area contributed by atoms with Gasteiger partial charge in [-0.2, -0.15) is 4.72 Å². The van der Waals surface area contributed by atoms with Gasteiger partial charge in [0.2, 0.25) is 10.0 Å². The molecular weight excluding hydrogens is 360 g/mol. The lowest BCUT2D eigenvalue weighted by molar-refractivity contribution is -0.143. The number of carbonyl (C=O) groups excluding carboxylic acids is 1. The summed E-state index contributed by atoms with van der Waals surface area (Å²) in [4.78, 5) is 11.7. The number of nitrogens with one attached hydrogen (secondary N) is 1. The van der Waals surface area contributed by atoms with E-state index in [1.54, 1.807) is 26.8 Å². The summed E-state index contributed by atoms with van der Waals surface area (Å²) in [5.74, 6) is -0.878. The average Bonchev–Trinajstić information content (AvgIpc) is 2.38. The molecule has 0 bridgehead atoms. The summed E-state index contributed by atoms with van der Waals surface area (Å²) in [7, 11) is -2.66. The molecule has 6 nitrogen and oxygen atoms in total. The molecule has 0 saturated heterocycles. The van der Waals surface area contributed by atoms with Gasteiger partial charge < -0.3 is 10.5 Å². The summed E-state index contributed by atoms with van der Waals surface area (Å²) in [5, 5.41) is 0. The lowest BCUT2D eigenvalue weighted by atomic mass is 10.1. The molecule has 0 fully saturated rings. The van der Waals surface area contributed by atoms with Crippen LogP contribution in [0.1, 0.15) is 19.4 Å². The third-order valence-electron chi connectivity index (χ3n) is 2.99. The summed E-state index contributed by atoms with van der Waals surface area (Å²) in [6.07, 6.45) is 0. The zero-order valence-electron chi connectivity index (χ0n) is 12.3. The van der Waals surface area contributed by atoms with Crippen LogP contribution in [0, 0.1) is 12.8 Å². The number of aryl methyl sites for hydroxylation is 1. The van der Waals surface area contributed by atoms with Gasteiger partial charge in [-0.1, -0.05) is 13.8 Å². The highest BCUT2D eigenvalue weighted by Gasteiger charge is 2.30. The number of benzene rings is 1. The summed E-state index contributed by atoms with van der Waals surface area (Å²) in [6.45, 7) is 5.11. The largest absolute Gasteiger partial charge is 0.468 e. The smallest absolute Gasteiger partial charge is 0.324 e. The highest BCUT2D eigenvalue weighted by atomic mass is 79.9. The van der Waals surface area contributed by atoms with E-state index < -0.39 is 22.0 Å². The van der Waals surface area contributed by atoms with E-state index in [0.29, 0.717) is 15.7 Å². The van der Waals surface area contributed by atoms with Crippen LogP contribution in [0.2, 0.25) is 0 Å². The minimum Gasteiger partial charge on any atom is -0.468 e. The maximum atomic E-state index is 12.5. The molecule has 0 spiro atoms. The molecule has 118 valence electrons. The number of sulfonamides is 1. The van der Waals surface area contributed by atoms with Crippen LogP contribution in [0.25, 0.3) is 0 Å². The molecule has 1 unspecified atom stereocenters. The normalized spacial score (nSPS) is 13.2. The van der Waals surface area contributed by atoms with Crippen molar-refractivity contribution < 1.29 is 17.9 Å². The zero-order chi connectivity index (χ0) is 16.4. The molecule has 3 N–H and O–H groups in total. The Morgan fingerprint density at radius 1 is 1.38 bits per heavy atom. The second kappa shape index (κ2) is 6.76. The second-order valence-corrected chi connectivity index (χ2v) is 7.54. The SMILES string of the molecule is COC(=O)C(NS(=O)(=O)c1cc(N)c(Br)cc1C)C(C)C. The van der Waals surface area contributed by atoms with Crippen molar-refractivity contribution in [3.05, 3.63) is 22.2 Å². The van der Waals surface area contributed by atoms with Crippen LogP contribution in [0.4, 0.5) is 5.69 Å². The molecule has 8 heteroatoms. The highest BCUT2D eigenvalue weighted by Crippen LogP contribution is 2.27. The number of nitrogen functional groups attached to an aromatic ring is 1. The second-order valence-electron chi connectivity index (χ2n) is 5.01. The summed E-state index contributed by atoms with van der Waals surface area (Å²) < 4.78 is 32.5. The summed E-state index contributed by atoms with van der Waals surface area (Å²) >= 11 is 3.24. The number of ether oxygens (including phenoxy) is 1. The highest BCUT2D eigenvalue weighted by molar-refractivity contribution is 9.10. The molecule has 0 aliphatic rings. The zero-order valence-corrected chi connectivity index (χ0v) is 14.7. The molecule has 1 rings (SSSR count). The van der Waals surface area contributed by atoms with Crippen LogP contribution in [0.15, 0.2) is 21.5 Å². The fraction of sp³-hybridized carbons (Fsp3) is 0.462. The van der Waals surface area contributed by atoms with Crippen molar-refractivity contribution in [2.45, 2.75) is 31.7 Å². The van der Waals surface area contributed by atoms with Crippen molar-refractivity contribution in [1.29, 1.82) is 0 Å². The number of methoxy groups -OCH3 is 1. The number of anilines is 1. The van der Waals surface area contributed by atoms with Crippen LogP contribution in [-0.2, 0) is 19.6 Å². The van der Waals surface area contributed by atoms with Crippen LogP contribution in [-0.4, -0.2) is 27.5 Å². The Bertz CT molecular complexity index is 644. The molecule has 0 saturated carbocycles. The van der Waals surface area contributed by atoms with E-state index in [-0.39, 0.29) is 10.8 Å². The molecule has 0 heterocycles. The van der Waals surface area contributed by atoms with Crippen LogP contribution >= 0.6 is 15.9 Å². The summed E-state index contributed by atoms with van der Waals surface area (Å²) in [5.41, 5.74) is 6.56. The predicted molar refractivity (Wildman–Crippen MR) is 84.3 cm³/mol. The maximum absolute atomic E-state index is 12.5. The molecule has 21 heavy (non-hydrogen) atoms. The number of hydrogen-bond acceptors (Lipinski definition) is 5. The van der Waals surface area contributed by atoms with E-state index in [9.17, 15) is 13.2 Å². The minimum absolute atomic E-state index is 0.0396. The third-order valence-corrected chi connectivity index (χ3v) is 5.26.